The molecule has 3 saturated heterocycles. The van der Waals surface area contributed by atoms with Gasteiger partial charge in [0.15, 0.2) is 24.4 Å². The van der Waals surface area contributed by atoms with Gasteiger partial charge in [0.25, 0.3) is 0 Å². The maximum absolute atomic E-state index is 13.9. The van der Waals surface area contributed by atoms with Crippen LogP contribution in [0.2, 0.25) is 0 Å². The van der Waals surface area contributed by atoms with Crippen LogP contribution in [0.15, 0.2) is 126 Å². The number of esters is 1. The highest BCUT2D eigenvalue weighted by atomic mass is 16.8. The molecule has 0 aliphatic carbocycles. The number of methoxy groups -OCH3 is 1. The summed E-state index contributed by atoms with van der Waals surface area (Å²) in [5.41, 5.74) is 1.56. The molecule has 4 aromatic rings. The molecule has 0 bridgehead atoms. The van der Waals surface area contributed by atoms with E-state index in [-0.39, 0.29) is 38.7 Å². The Hall–Kier alpha value is -4.87. The molecule has 14 nitrogen and oxygen atoms in total. The van der Waals surface area contributed by atoms with Gasteiger partial charge >= 0.3 is 11.9 Å². The van der Waals surface area contributed by atoms with Crippen molar-refractivity contribution in [1.29, 1.82) is 0 Å². The van der Waals surface area contributed by atoms with Crippen LogP contribution in [0, 0.1) is 10.8 Å². The lowest BCUT2D eigenvalue weighted by atomic mass is 9.94. The highest BCUT2D eigenvalue weighted by molar-refractivity contribution is 5.95. The number of ether oxygens (including phenoxy) is 10. The number of hydrogen-bond acceptors (Lipinski definition) is 14. The van der Waals surface area contributed by atoms with Gasteiger partial charge in [-0.3, -0.25) is 4.79 Å². The highest BCUT2D eigenvalue weighted by Gasteiger charge is 2.56. The fourth-order valence-corrected chi connectivity index (χ4v) is 7.37. The van der Waals surface area contributed by atoms with Crippen molar-refractivity contribution in [1.82, 2.24) is 0 Å². The summed E-state index contributed by atoms with van der Waals surface area (Å²) in [5, 5.41) is 4.42. The van der Waals surface area contributed by atoms with E-state index in [0.717, 1.165) is 22.3 Å². The number of fused-ring (bicyclic) bond motifs is 1. The number of hydrogen-bond donors (Lipinski definition) is 0. The zero-order valence-corrected chi connectivity index (χ0v) is 38.1. The minimum absolute atomic E-state index is 0.0215. The van der Waals surface area contributed by atoms with Gasteiger partial charge in [-0.25, -0.2) is 4.79 Å². The highest BCUT2D eigenvalue weighted by Crippen LogP contribution is 2.38. The summed E-state index contributed by atoms with van der Waals surface area (Å²) >= 11 is 0. The van der Waals surface area contributed by atoms with Crippen LogP contribution in [0.25, 0.3) is 0 Å². The van der Waals surface area contributed by atoms with Gasteiger partial charge in [-0.15, -0.1) is 0 Å². The van der Waals surface area contributed by atoms with Gasteiger partial charge in [-0.05, 0) is 58.2 Å². The molecule has 10 atom stereocenters. The van der Waals surface area contributed by atoms with E-state index in [1.807, 2.05) is 121 Å². The van der Waals surface area contributed by atoms with E-state index >= 15 is 0 Å². The number of oxime groups is 1. The summed E-state index contributed by atoms with van der Waals surface area (Å²) in [6.45, 7) is 11.0. The van der Waals surface area contributed by atoms with Crippen LogP contribution in [0.5, 0.6) is 0 Å². The Balaban J connectivity index is 1.29. The molecule has 3 heterocycles. The maximum Gasteiger partial charge on any atom is 0.340 e. The molecule has 0 aromatic heterocycles. The lowest BCUT2D eigenvalue weighted by molar-refractivity contribution is -0.351. The van der Waals surface area contributed by atoms with Crippen molar-refractivity contribution in [3.63, 3.8) is 0 Å². The molecule has 0 radical (unpaired) electrons. The maximum atomic E-state index is 13.9. The predicted molar refractivity (Wildman–Crippen MR) is 238 cm³/mol. The van der Waals surface area contributed by atoms with Crippen LogP contribution in [0.3, 0.4) is 0 Å². The van der Waals surface area contributed by atoms with Gasteiger partial charge in [0, 0.05) is 12.7 Å². The molecule has 348 valence electrons. The van der Waals surface area contributed by atoms with Crippen molar-refractivity contribution in [3.05, 3.63) is 144 Å². The van der Waals surface area contributed by atoms with Gasteiger partial charge in [-0.2, -0.15) is 0 Å². The Labute approximate surface area is 381 Å². The molecule has 4 aromatic carbocycles. The van der Waals surface area contributed by atoms with E-state index in [2.05, 4.69) is 5.16 Å². The first-order valence-electron chi connectivity index (χ1n) is 22.0. The number of carbonyl (C=O) groups is 2. The van der Waals surface area contributed by atoms with Gasteiger partial charge in [0.05, 0.1) is 43.9 Å². The molecule has 65 heavy (non-hydrogen) atoms. The molecule has 3 fully saturated rings. The van der Waals surface area contributed by atoms with Crippen LogP contribution in [-0.2, 0) is 81.6 Å². The molecule has 0 spiro atoms. The van der Waals surface area contributed by atoms with Crippen molar-refractivity contribution in [2.45, 2.75) is 123 Å². The third-order valence-electron chi connectivity index (χ3n) is 11.0. The van der Waals surface area contributed by atoms with Crippen molar-refractivity contribution in [3.8, 4) is 0 Å². The van der Waals surface area contributed by atoms with Gasteiger partial charge < -0.3 is 52.2 Å². The Kier molecular flexibility index (Phi) is 16.3. The monoisotopic (exact) mass is 895 g/mol. The quantitative estimate of drug-likeness (QED) is 0.0611. The fourth-order valence-electron chi connectivity index (χ4n) is 7.37. The summed E-state index contributed by atoms with van der Waals surface area (Å²) in [5.74, 6) is -1.20. The molecule has 3 aliphatic rings. The number of nitrogens with zero attached hydrogens (tertiary/aromatic N) is 1. The van der Waals surface area contributed by atoms with E-state index in [4.69, 9.17) is 52.2 Å². The van der Waals surface area contributed by atoms with Gasteiger partial charge in [0.2, 0.25) is 6.29 Å². The first kappa shape index (κ1) is 48.1. The van der Waals surface area contributed by atoms with Crippen molar-refractivity contribution >= 4 is 17.7 Å². The topological polar surface area (TPSA) is 148 Å². The van der Waals surface area contributed by atoms with E-state index in [9.17, 15) is 9.59 Å². The van der Waals surface area contributed by atoms with E-state index < -0.39 is 84.4 Å². The molecule has 0 amide bonds. The molecular weight excluding hydrogens is 835 g/mol. The number of carbonyl (C=O) groups excluding carboxylic acids is 2. The molecule has 0 saturated carbocycles. The van der Waals surface area contributed by atoms with Crippen molar-refractivity contribution < 1.29 is 61.8 Å². The summed E-state index contributed by atoms with van der Waals surface area (Å²) < 4.78 is 65.6. The smallest absolute Gasteiger partial charge is 0.340 e. The summed E-state index contributed by atoms with van der Waals surface area (Å²) in [6, 6.07) is 38.6. The summed E-state index contributed by atoms with van der Waals surface area (Å²) in [6.07, 6.45) is -9.97. The largest absolute Gasteiger partial charge is 0.453 e. The lowest BCUT2D eigenvalue weighted by Gasteiger charge is -2.49. The number of rotatable bonds is 16. The second kappa shape index (κ2) is 22.1. The van der Waals surface area contributed by atoms with Crippen LogP contribution < -0.4 is 0 Å². The SMILES string of the molecule is CO[C@H]1O[C@H](COCc2ccccc2)[C@@H](OC2O[C@@H]3COC(c4ccccc4)O[C@H]3[C@H](OC(=O)C(C)(C)C)/C2=N/OC(=O)C(C)(C)C)[C@H](OCc2ccccc2)[C@H]1OCc1ccccc1. The normalized spacial score (nSPS) is 27.7. The molecular formula is C51H61NO13. The third-order valence-corrected chi connectivity index (χ3v) is 11.0. The van der Waals surface area contributed by atoms with Gasteiger partial charge in [0.1, 0.15) is 36.6 Å². The van der Waals surface area contributed by atoms with Gasteiger partial charge in [-0.1, -0.05) is 126 Å². The minimum Gasteiger partial charge on any atom is -0.453 e. The van der Waals surface area contributed by atoms with Crippen molar-refractivity contribution in [2.75, 3.05) is 20.3 Å². The fraction of sp³-hybridized carbons (Fsp3) is 0.471. The predicted octanol–water partition coefficient (Wildman–Crippen LogP) is 7.87. The molecule has 7 rings (SSSR count). The molecule has 3 aliphatic heterocycles. The average Bonchev–Trinajstić information content (AvgIpc) is 3.31. The second-order valence-electron chi connectivity index (χ2n) is 18.3. The van der Waals surface area contributed by atoms with Crippen molar-refractivity contribution in [2.24, 2.45) is 16.0 Å². The summed E-state index contributed by atoms with van der Waals surface area (Å²) in [7, 11) is 1.54. The zero-order chi connectivity index (χ0) is 46.0. The molecule has 0 N–H and O–H groups in total. The molecule has 2 unspecified atom stereocenters. The lowest BCUT2D eigenvalue weighted by Crippen LogP contribution is -2.66. The van der Waals surface area contributed by atoms with E-state index in [1.165, 1.54) is 0 Å². The van der Waals surface area contributed by atoms with E-state index in [1.54, 1.807) is 48.7 Å². The third kappa shape index (κ3) is 12.7. The Bertz CT molecular complexity index is 2130. The number of benzene rings is 4. The van der Waals surface area contributed by atoms with E-state index in [0.29, 0.717) is 0 Å². The van der Waals surface area contributed by atoms with Crippen LogP contribution in [0.1, 0.15) is 70.1 Å². The van der Waals surface area contributed by atoms with Crippen LogP contribution in [-0.4, -0.2) is 93.3 Å². The zero-order valence-electron chi connectivity index (χ0n) is 38.1. The standard InChI is InChI=1S/C51H61NO13/c1-50(2,3)48(53)64-42-39(52-65-49(54)51(4,5)6)46(60-38-32-59-45(62-40(38)42)36-26-18-11-19-27-36)63-41-37(31-56-28-33-20-12-8-13-21-33)61-47(55-7)44(58-30-35-24-16-10-17-25-35)43(41)57-29-34-22-14-9-15-23-34/h8-27,37-38,40-47H,28-32H2,1-7H3/b52-39-/t37-,38-,40-,41-,42-,43+,44-,45?,46?,47+/m1/s1. The van der Waals surface area contributed by atoms with Crippen LogP contribution >= 0.6 is 0 Å². The second-order valence-corrected chi connectivity index (χ2v) is 18.3. The first-order chi connectivity index (χ1) is 31.3. The summed E-state index contributed by atoms with van der Waals surface area (Å²) in [4.78, 5) is 33.0. The van der Waals surface area contributed by atoms with Crippen LogP contribution in [0.4, 0.5) is 0 Å². The Morgan fingerprint density at radius 2 is 1.18 bits per heavy atom. The minimum atomic E-state index is -1.44. The Morgan fingerprint density at radius 3 is 1.74 bits per heavy atom. The molecule has 14 heteroatoms. The average molecular weight is 896 g/mol. The Morgan fingerprint density at radius 1 is 0.646 bits per heavy atom. The first-order valence-corrected chi connectivity index (χ1v) is 22.0.